The molecule has 0 fully saturated rings. The second-order valence-electron chi connectivity index (χ2n) is 4.81. The molecule has 1 amide bonds. The zero-order valence-electron chi connectivity index (χ0n) is 12.1. The number of carbonyl (C=O) groups is 1. The van der Waals surface area contributed by atoms with Crippen molar-refractivity contribution in [3.05, 3.63) is 51.5 Å². The maximum Gasteiger partial charge on any atom is 0.224 e. The lowest BCUT2D eigenvalue weighted by molar-refractivity contribution is -0.116. The van der Waals surface area contributed by atoms with E-state index in [2.05, 4.69) is 5.32 Å². The number of benzene rings is 2. The highest BCUT2D eigenvalue weighted by Gasteiger charge is 2.07. The van der Waals surface area contributed by atoms with Crippen LogP contribution >= 0.6 is 34.8 Å². The van der Waals surface area contributed by atoms with Crippen LogP contribution < -0.4 is 15.8 Å². The molecule has 122 valence electrons. The van der Waals surface area contributed by atoms with Crippen LogP contribution in [0.5, 0.6) is 5.75 Å². The van der Waals surface area contributed by atoms with E-state index in [-0.39, 0.29) is 5.91 Å². The van der Waals surface area contributed by atoms with E-state index < -0.39 is 0 Å². The average molecular weight is 374 g/mol. The fraction of sp³-hybridized carbons (Fsp3) is 0.188. The molecule has 0 aliphatic rings. The first kappa shape index (κ1) is 17.7. The number of ether oxygens (including phenoxy) is 1. The van der Waals surface area contributed by atoms with Crippen LogP contribution in [0.25, 0.3) is 0 Å². The third kappa shape index (κ3) is 5.50. The second-order valence-corrected chi connectivity index (χ2v) is 6.09. The van der Waals surface area contributed by atoms with Gasteiger partial charge < -0.3 is 15.8 Å². The van der Waals surface area contributed by atoms with Crippen LogP contribution in [0, 0.1) is 0 Å². The van der Waals surface area contributed by atoms with Gasteiger partial charge in [0.1, 0.15) is 5.75 Å². The number of nitrogens with two attached hydrogens (primary N) is 1. The molecule has 2 aromatic rings. The molecule has 0 aromatic heterocycles. The Morgan fingerprint density at radius 1 is 1.09 bits per heavy atom. The van der Waals surface area contributed by atoms with Crippen molar-refractivity contribution < 1.29 is 9.53 Å². The van der Waals surface area contributed by atoms with Crippen LogP contribution in [0.1, 0.15) is 12.8 Å². The molecule has 0 radical (unpaired) electrons. The molecular weight excluding hydrogens is 359 g/mol. The third-order valence-electron chi connectivity index (χ3n) is 2.99. The van der Waals surface area contributed by atoms with E-state index >= 15 is 0 Å². The Morgan fingerprint density at radius 2 is 1.78 bits per heavy atom. The van der Waals surface area contributed by atoms with Gasteiger partial charge >= 0.3 is 0 Å². The van der Waals surface area contributed by atoms with Gasteiger partial charge in [-0.25, -0.2) is 0 Å². The number of nitrogens with one attached hydrogen (secondary N) is 1. The third-order valence-corrected chi connectivity index (χ3v) is 3.75. The van der Waals surface area contributed by atoms with Gasteiger partial charge in [0.15, 0.2) is 0 Å². The lowest BCUT2D eigenvalue weighted by atomic mass is 10.2. The number of anilines is 2. The summed E-state index contributed by atoms with van der Waals surface area (Å²) in [7, 11) is 0. The Balaban J connectivity index is 1.76. The first-order valence-electron chi connectivity index (χ1n) is 6.88. The summed E-state index contributed by atoms with van der Waals surface area (Å²) in [4.78, 5) is 11.9. The molecule has 0 atom stereocenters. The average Bonchev–Trinajstić information content (AvgIpc) is 2.48. The van der Waals surface area contributed by atoms with E-state index in [1.165, 1.54) is 0 Å². The largest absolute Gasteiger partial charge is 0.492 e. The number of hydrogen-bond donors (Lipinski definition) is 2. The smallest absolute Gasteiger partial charge is 0.224 e. The Morgan fingerprint density at radius 3 is 2.48 bits per heavy atom. The van der Waals surface area contributed by atoms with Gasteiger partial charge in [0.2, 0.25) is 5.91 Å². The zero-order valence-corrected chi connectivity index (χ0v) is 14.4. The molecule has 2 aromatic carbocycles. The van der Waals surface area contributed by atoms with Gasteiger partial charge in [-0.2, -0.15) is 0 Å². The maximum absolute atomic E-state index is 11.9. The topological polar surface area (TPSA) is 64.3 Å². The molecule has 0 saturated heterocycles. The fourth-order valence-electron chi connectivity index (χ4n) is 1.87. The minimum Gasteiger partial charge on any atom is -0.492 e. The van der Waals surface area contributed by atoms with Gasteiger partial charge in [0.25, 0.3) is 0 Å². The number of rotatable bonds is 6. The van der Waals surface area contributed by atoms with Crippen molar-refractivity contribution in [3.63, 3.8) is 0 Å². The molecule has 0 aliphatic heterocycles. The van der Waals surface area contributed by atoms with Crippen LogP contribution in [0.3, 0.4) is 0 Å². The van der Waals surface area contributed by atoms with E-state index in [1.54, 1.807) is 36.4 Å². The van der Waals surface area contributed by atoms with Crippen molar-refractivity contribution in [1.82, 2.24) is 0 Å². The fourth-order valence-corrected chi connectivity index (χ4v) is 2.51. The molecule has 0 spiro atoms. The summed E-state index contributed by atoms with van der Waals surface area (Å²) in [6.45, 7) is 0.366. The molecule has 0 aliphatic carbocycles. The molecule has 2 rings (SSSR count). The highest BCUT2D eigenvalue weighted by molar-refractivity contribution is 6.35. The summed E-state index contributed by atoms with van der Waals surface area (Å²) in [5.41, 5.74) is 6.75. The monoisotopic (exact) mass is 372 g/mol. The van der Waals surface area contributed by atoms with E-state index in [0.29, 0.717) is 51.6 Å². The molecule has 3 N–H and O–H groups in total. The summed E-state index contributed by atoms with van der Waals surface area (Å²) in [6, 6.07) is 9.91. The van der Waals surface area contributed by atoms with Crippen LogP contribution in [0.4, 0.5) is 11.4 Å². The minimum absolute atomic E-state index is 0.148. The summed E-state index contributed by atoms with van der Waals surface area (Å²) < 4.78 is 5.52. The van der Waals surface area contributed by atoms with Crippen LogP contribution in [-0.4, -0.2) is 12.5 Å². The number of nitrogen functional groups attached to an aromatic ring is 1. The summed E-state index contributed by atoms with van der Waals surface area (Å²) in [5.74, 6) is 0.392. The number of halogens is 3. The Hall–Kier alpha value is -1.62. The zero-order chi connectivity index (χ0) is 16.8. The first-order chi connectivity index (χ1) is 11.0. The van der Waals surface area contributed by atoms with Crippen molar-refractivity contribution >= 4 is 52.1 Å². The predicted molar refractivity (Wildman–Crippen MR) is 95.7 cm³/mol. The number of carbonyl (C=O) groups excluding carboxylic acids is 1. The maximum atomic E-state index is 11.9. The van der Waals surface area contributed by atoms with E-state index in [9.17, 15) is 4.79 Å². The molecule has 23 heavy (non-hydrogen) atoms. The summed E-state index contributed by atoms with van der Waals surface area (Å²) in [5, 5.41) is 4.24. The Kier molecular flexibility index (Phi) is 6.39. The second kappa shape index (κ2) is 8.29. The van der Waals surface area contributed by atoms with Gasteiger partial charge in [-0.15, -0.1) is 0 Å². The molecule has 7 heteroatoms. The Bertz CT molecular complexity index is 708. The van der Waals surface area contributed by atoms with Gasteiger partial charge in [-0.3, -0.25) is 4.79 Å². The number of amides is 1. The predicted octanol–water partition coefficient (Wildman–Crippen LogP) is 5.03. The number of hydrogen-bond acceptors (Lipinski definition) is 3. The van der Waals surface area contributed by atoms with Crippen LogP contribution in [-0.2, 0) is 4.79 Å². The molecule has 0 bridgehead atoms. The van der Waals surface area contributed by atoms with Gasteiger partial charge in [0.05, 0.1) is 23.0 Å². The molecular formula is C16H15Cl3N2O2. The van der Waals surface area contributed by atoms with Crippen molar-refractivity contribution in [2.75, 3.05) is 17.7 Å². The van der Waals surface area contributed by atoms with Gasteiger partial charge in [0, 0.05) is 16.5 Å². The van der Waals surface area contributed by atoms with Crippen molar-refractivity contribution in [2.24, 2.45) is 0 Å². The highest BCUT2D eigenvalue weighted by Crippen LogP contribution is 2.27. The van der Waals surface area contributed by atoms with Crippen molar-refractivity contribution in [3.8, 4) is 5.75 Å². The molecule has 0 unspecified atom stereocenters. The van der Waals surface area contributed by atoms with Crippen LogP contribution in [0.15, 0.2) is 36.4 Å². The minimum atomic E-state index is -0.148. The van der Waals surface area contributed by atoms with Crippen LogP contribution in [0.2, 0.25) is 15.1 Å². The lowest BCUT2D eigenvalue weighted by Gasteiger charge is -2.10. The van der Waals surface area contributed by atoms with Gasteiger partial charge in [-0.1, -0.05) is 34.8 Å². The SMILES string of the molecule is Nc1cc(Cl)ccc1NC(=O)CCCOc1ccc(Cl)cc1Cl. The summed E-state index contributed by atoms with van der Waals surface area (Å²) in [6.07, 6.45) is 0.839. The standard InChI is InChI=1S/C16H15Cl3N2O2/c17-10-4-6-15(12(19)8-10)23-7-1-2-16(22)21-14-5-3-11(18)9-13(14)20/h3-6,8-9H,1-2,7,20H2,(H,21,22). The highest BCUT2D eigenvalue weighted by atomic mass is 35.5. The molecule has 0 saturated carbocycles. The van der Waals surface area contributed by atoms with Crippen molar-refractivity contribution in [1.29, 1.82) is 0 Å². The summed E-state index contributed by atoms with van der Waals surface area (Å²) >= 11 is 17.6. The van der Waals surface area contributed by atoms with Gasteiger partial charge in [-0.05, 0) is 42.8 Å². The van der Waals surface area contributed by atoms with E-state index in [1.807, 2.05) is 0 Å². The quantitative estimate of drug-likeness (QED) is 0.551. The Labute approximate surface area is 149 Å². The van der Waals surface area contributed by atoms with E-state index in [4.69, 9.17) is 45.3 Å². The van der Waals surface area contributed by atoms with E-state index in [0.717, 1.165) is 0 Å². The normalized spacial score (nSPS) is 10.4. The van der Waals surface area contributed by atoms with Crippen molar-refractivity contribution in [2.45, 2.75) is 12.8 Å². The lowest BCUT2D eigenvalue weighted by Crippen LogP contribution is -2.14. The first-order valence-corrected chi connectivity index (χ1v) is 8.02. The molecule has 4 nitrogen and oxygen atoms in total. The molecule has 0 heterocycles.